The number of aryl methyl sites for hydroxylation is 1. The van der Waals surface area contributed by atoms with Crippen molar-refractivity contribution in [1.29, 1.82) is 0 Å². The van der Waals surface area contributed by atoms with Gasteiger partial charge in [-0.2, -0.15) is 0 Å². The number of hydrogen-bond donors (Lipinski definition) is 2. The Morgan fingerprint density at radius 1 is 1.23 bits per heavy atom. The van der Waals surface area contributed by atoms with E-state index in [1.807, 2.05) is 6.20 Å². The fraction of sp³-hybridized carbons (Fsp3) is 0.500. The molecular weight excluding hydrogens is 455 g/mol. The number of thiazole rings is 1. The average Bonchev–Trinajstić information content (AvgIpc) is 3.25. The predicted molar refractivity (Wildman–Crippen MR) is 122 cm³/mol. The van der Waals surface area contributed by atoms with E-state index in [1.54, 1.807) is 11.3 Å². The summed E-state index contributed by atoms with van der Waals surface area (Å²) in [7, 11) is 0. The smallest absolute Gasteiger partial charge is 0.191 e. The van der Waals surface area contributed by atoms with Crippen molar-refractivity contribution in [2.24, 2.45) is 10.4 Å². The first-order valence-electron chi connectivity index (χ1n) is 9.16. The second-order valence-electron chi connectivity index (χ2n) is 6.90. The predicted octanol–water partition coefficient (Wildman–Crippen LogP) is 4.19. The maximum absolute atomic E-state index is 4.86. The van der Waals surface area contributed by atoms with Crippen LogP contribution in [0.2, 0.25) is 0 Å². The van der Waals surface area contributed by atoms with E-state index in [9.17, 15) is 0 Å². The van der Waals surface area contributed by atoms with Gasteiger partial charge in [0.15, 0.2) is 5.96 Å². The van der Waals surface area contributed by atoms with Crippen LogP contribution in [0.1, 0.15) is 35.2 Å². The molecule has 0 atom stereocenters. The fourth-order valence-corrected chi connectivity index (χ4v) is 3.78. The monoisotopic (exact) mass is 484 g/mol. The Morgan fingerprint density at radius 2 is 2.00 bits per heavy atom. The lowest BCUT2D eigenvalue weighted by atomic mass is 9.97. The average molecular weight is 484 g/mol. The van der Waals surface area contributed by atoms with Crippen LogP contribution in [-0.2, 0) is 12.8 Å². The summed E-state index contributed by atoms with van der Waals surface area (Å²) in [5, 5.41) is 7.99. The van der Waals surface area contributed by atoms with Crippen LogP contribution in [0, 0.1) is 12.3 Å². The molecule has 0 amide bonds. The van der Waals surface area contributed by atoms with Crippen LogP contribution < -0.4 is 10.6 Å². The summed E-state index contributed by atoms with van der Waals surface area (Å²) in [6.07, 6.45) is 6.58. The third-order valence-electron chi connectivity index (χ3n) is 4.60. The summed E-state index contributed by atoms with van der Waals surface area (Å²) in [5.74, 6) is 0.926. The highest BCUT2D eigenvalue weighted by atomic mass is 127. The summed E-state index contributed by atoms with van der Waals surface area (Å²) < 4.78 is 0. The molecule has 0 bridgehead atoms. The highest BCUT2D eigenvalue weighted by molar-refractivity contribution is 14.0. The number of rotatable bonds is 8. The zero-order valence-corrected chi connectivity index (χ0v) is 18.8. The van der Waals surface area contributed by atoms with Gasteiger partial charge in [0.1, 0.15) is 0 Å². The summed E-state index contributed by atoms with van der Waals surface area (Å²) >= 11 is 1.77. The Kier molecular flexibility index (Phi) is 8.34. The highest BCUT2D eigenvalue weighted by Crippen LogP contribution is 2.48. The van der Waals surface area contributed by atoms with Crippen molar-refractivity contribution >= 4 is 41.3 Å². The SMILES string of the molecule is CCNC(=NCC1(Cc2ccccc2)CC1)NCCc1ncc(C)s1.I. The van der Waals surface area contributed by atoms with Gasteiger partial charge in [-0.25, -0.2) is 4.98 Å². The van der Waals surface area contributed by atoms with Gasteiger partial charge < -0.3 is 10.6 Å². The molecule has 6 heteroatoms. The number of aromatic nitrogens is 1. The first-order chi connectivity index (χ1) is 12.2. The molecule has 26 heavy (non-hydrogen) atoms. The van der Waals surface area contributed by atoms with Crippen LogP contribution in [0.3, 0.4) is 0 Å². The number of guanidine groups is 1. The molecule has 1 aromatic heterocycles. The quantitative estimate of drug-likeness (QED) is 0.336. The molecule has 1 aliphatic rings. The van der Waals surface area contributed by atoms with Crippen molar-refractivity contribution < 1.29 is 0 Å². The minimum atomic E-state index is 0. The van der Waals surface area contributed by atoms with Crippen molar-refractivity contribution in [3.63, 3.8) is 0 Å². The van der Waals surface area contributed by atoms with Crippen molar-refractivity contribution in [3.05, 3.63) is 52.0 Å². The third-order valence-corrected chi connectivity index (χ3v) is 5.57. The number of benzene rings is 1. The Bertz CT molecular complexity index is 695. The first-order valence-corrected chi connectivity index (χ1v) is 9.98. The normalized spacial score (nSPS) is 15.2. The second-order valence-corrected chi connectivity index (χ2v) is 8.22. The van der Waals surface area contributed by atoms with E-state index in [4.69, 9.17) is 4.99 Å². The molecule has 1 aromatic carbocycles. The van der Waals surface area contributed by atoms with E-state index < -0.39 is 0 Å². The van der Waals surface area contributed by atoms with Gasteiger partial charge in [-0.05, 0) is 44.1 Å². The molecule has 3 rings (SSSR count). The molecule has 0 saturated heterocycles. The molecular formula is C20H29IN4S. The van der Waals surface area contributed by atoms with Crippen molar-refractivity contribution in [1.82, 2.24) is 15.6 Å². The minimum Gasteiger partial charge on any atom is -0.357 e. The van der Waals surface area contributed by atoms with Crippen molar-refractivity contribution in [2.75, 3.05) is 19.6 Å². The lowest BCUT2D eigenvalue weighted by molar-refractivity contribution is 0.519. The van der Waals surface area contributed by atoms with Gasteiger partial charge in [-0.3, -0.25) is 4.99 Å². The van der Waals surface area contributed by atoms with Crippen LogP contribution in [0.5, 0.6) is 0 Å². The first kappa shape index (κ1) is 21.2. The summed E-state index contributed by atoms with van der Waals surface area (Å²) in [5.41, 5.74) is 1.79. The van der Waals surface area contributed by atoms with E-state index in [0.717, 1.165) is 38.4 Å². The van der Waals surface area contributed by atoms with Gasteiger partial charge in [0.05, 0.1) is 5.01 Å². The number of nitrogens with zero attached hydrogens (tertiary/aromatic N) is 2. The third kappa shape index (κ3) is 6.54. The molecule has 2 N–H and O–H groups in total. The lowest BCUT2D eigenvalue weighted by Gasteiger charge is -2.15. The lowest BCUT2D eigenvalue weighted by Crippen LogP contribution is -2.38. The number of hydrogen-bond acceptors (Lipinski definition) is 3. The zero-order chi connectivity index (χ0) is 17.5. The highest BCUT2D eigenvalue weighted by Gasteiger charge is 2.42. The van der Waals surface area contributed by atoms with Gasteiger partial charge in [0.25, 0.3) is 0 Å². The van der Waals surface area contributed by atoms with E-state index in [-0.39, 0.29) is 24.0 Å². The maximum atomic E-state index is 4.86. The molecule has 0 spiro atoms. The van der Waals surface area contributed by atoms with Crippen LogP contribution in [0.15, 0.2) is 41.5 Å². The van der Waals surface area contributed by atoms with E-state index >= 15 is 0 Å². The molecule has 2 aromatic rings. The van der Waals surface area contributed by atoms with Crippen molar-refractivity contribution in [3.8, 4) is 0 Å². The van der Waals surface area contributed by atoms with Gasteiger partial charge in [0.2, 0.25) is 0 Å². The summed E-state index contributed by atoms with van der Waals surface area (Å²) in [6, 6.07) is 10.8. The summed E-state index contributed by atoms with van der Waals surface area (Å²) in [6.45, 7) is 6.85. The van der Waals surface area contributed by atoms with Crippen LogP contribution in [0.25, 0.3) is 0 Å². The van der Waals surface area contributed by atoms with Gasteiger partial charge in [0, 0.05) is 37.1 Å². The number of halogens is 1. The number of nitrogens with one attached hydrogen (secondary N) is 2. The maximum Gasteiger partial charge on any atom is 0.191 e. The van der Waals surface area contributed by atoms with Crippen molar-refractivity contribution in [2.45, 2.75) is 39.5 Å². The summed E-state index contributed by atoms with van der Waals surface area (Å²) in [4.78, 5) is 10.5. The Balaban J connectivity index is 0.00000243. The van der Waals surface area contributed by atoms with E-state index in [2.05, 4.69) is 59.8 Å². The van der Waals surface area contributed by atoms with Crippen LogP contribution in [-0.4, -0.2) is 30.6 Å². The standard InChI is InChI=1S/C20H28N4S.HI/c1-3-21-19(22-12-9-18-23-14-16(2)25-18)24-15-20(10-11-20)13-17-7-5-4-6-8-17;/h4-8,14H,3,9-13,15H2,1-2H3,(H2,21,22,24);1H. The Labute approximate surface area is 177 Å². The second kappa shape index (κ2) is 10.3. The molecule has 0 aliphatic heterocycles. The van der Waals surface area contributed by atoms with E-state index in [0.29, 0.717) is 5.41 Å². The molecule has 1 aliphatic carbocycles. The molecule has 1 saturated carbocycles. The fourth-order valence-electron chi connectivity index (χ4n) is 2.99. The minimum absolute atomic E-state index is 0. The molecule has 142 valence electrons. The zero-order valence-electron chi connectivity index (χ0n) is 15.6. The largest absolute Gasteiger partial charge is 0.357 e. The van der Waals surface area contributed by atoms with Gasteiger partial charge >= 0.3 is 0 Å². The van der Waals surface area contributed by atoms with Crippen LogP contribution in [0.4, 0.5) is 0 Å². The van der Waals surface area contributed by atoms with E-state index in [1.165, 1.54) is 28.3 Å². The van der Waals surface area contributed by atoms with Gasteiger partial charge in [-0.1, -0.05) is 30.3 Å². The topological polar surface area (TPSA) is 49.3 Å². The number of aliphatic imine (C=N–C) groups is 1. The molecule has 1 heterocycles. The van der Waals surface area contributed by atoms with Gasteiger partial charge in [-0.15, -0.1) is 35.3 Å². The Hall–Kier alpha value is -1.15. The molecule has 4 nitrogen and oxygen atoms in total. The molecule has 0 radical (unpaired) electrons. The molecule has 0 unspecified atom stereocenters. The molecule has 1 fully saturated rings. The van der Waals surface area contributed by atoms with Crippen LogP contribution >= 0.6 is 35.3 Å². The Morgan fingerprint density at radius 3 is 2.62 bits per heavy atom.